The Labute approximate surface area is 147 Å². The molecule has 4 bridgehead atoms. The Bertz CT molecular complexity index is 624. The van der Waals surface area contributed by atoms with Crippen molar-refractivity contribution in [2.75, 3.05) is 25.5 Å². The van der Waals surface area contributed by atoms with E-state index in [1.54, 1.807) is 0 Å². The van der Waals surface area contributed by atoms with Crippen molar-refractivity contribution >= 4 is 11.9 Å². The second-order valence-corrected chi connectivity index (χ2v) is 10.1. The van der Waals surface area contributed by atoms with Crippen molar-refractivity contribution < 1.29 is 0 Å². The maximum atomic E-state index is 4.93. The fourth-order valence-electron chi connectivity index (χ4n) is 7.06. The molecule has 0 N–H and O–H groups in total. The standard InChI is InChI=1S/C22H32N2/c1-20-9-18-10-21(2,13-20)15-22(11-18,14-20)16-23-12-17-5-7-19(8-6-17)24(3)4/h5-8,12,18H,9-11,13-16H2,1-4H3. The second kappa shape index (κ2) is 5.34. The van der Waals surface area contributed by atoms with E-state index >= 15 is 0 Å². The molecule has 0 aliphatic heterocycles. The first-order valence-electron chi connectivity index (χ1n) is 9.56. The minimum atomic E-state index is 0.489. The van der Waals surface area contributed by atoms with E-state index in [4.69, 9.17) is 4.99 Å². The number of hydrogen-bond acceptors (Lipinski definition) is 2. The van der Waals surface area contributed by atoms with Gasteiger partial charge in [-0.3, -0.25) is 4.99 Å². The highest BCUT2D eigenvalue weighted by atomic mass is 15.1. The Morgan fingerprint density at radius 2 is 1.62 bits per heavy atom. The van der Waals surface area contributed by atoms with E-state index in [0.717, 1.165) is 12.5 Å². The summed E-state index contributed by atoms with van der Waals surface area (Å²) in [6, 6.07) is 8.71. The van der Waals surface area contributed by atoms with E-state index in [9.17, 15) is 0 Å². The van der Waals surface area contributed by atoms with Crippen molar-refractivity contribution in [1.82, 2.24) is 0 Å². The van der Waals surface area contributed by atoms with Gasteiger partial charge in [-0.15, -0.1) is 0 Å². The highest BCUT2D eigenvalue weighted by molar-refractivity contribution is 5.80. The predicted octanol–water partition coefficient (Wildman–Crippen LogP) is 5.17. The first-order valence-corrected chi connectivity index (χ1v) is 9.56. The van der Waals surface area contributed by atoms with Gasteiger partial charge >= 0.3 is 0 Å². The van der Waals surface area contributed by atoms with Crippen LogP contribution in [-0.2, 0) is 0 Å². The monoisotopic (exact) mass is 324 g/mol. The Balaban J connectivity index is 1.47. The zero-order chi connectivity index (χ0) is 17.0. The zero-order valence-corrected chi connectivity index (χ0v) is 15.8. The summed E-state index contributed by atoms with van der Waals surface area (Å²) in [6.45, 7) is 6.13. The van der Waals surface area contributed by atoms with Gasteiger partial charge in [-0.25, -0.2) is 0 Å². The zero-order valence-electron chi connectivity index (χ0n) is 15.8. The van der Waals surface area contributed by atoms with Crippen LogP contribution < -0.4 is 4.90 Å². The maximum absolute atomic E-state index is 4.93. The number of rotatable bonds is 4. The molecule has 1 aromatic rings. The molecule has 1 aromatic carbocycles. The van der Waals surface area contributed by atoms with E-state index in [1.165, 1.54) is 49.8 Å². The fourth-order valence-corrected chi connectivity index (χ4v) is 7.06. The average Bonchev–Trinajstić information content (AvgIpc) is 2.43. The molecule has 0 spiro atoms. The third kappa shape index (κ3) is 2.89. The third-order valence-corrected chi connectivity index (χ3v) is 6.82. The summed E-state index contributed by atoms with van der Waals surface area (Å²) in [7, 11) is 4.16. The SMILES string of the molecule is CN(C)c1ccc(C=NCC23CC4CC(C)(CC(C)(C4)C2)C3)cc1. The molecule has 5 rings (SSSR count). The Morgan fingerprint density at radius 3 is 2.17 bits per heavy atom. The molecule has 24 heavy (non-hydrogen) atoms. The van der Waals surface area contributed by atoms with E-state index in [2.05, 4.69) is 63.3 Å². The lowest BCUT2D eigenvalue weighted by molar-refractivity contribution is -0.140. The summed E-state index contributed by atoms with van der Waals surface area (Å²) in [5.41, 5.74) is 4.15. The van der Waals surface area contributed by atoms with Crippen LogP contribution in [0.1, 0.15) is 57.9 Å². The largest absolute Gasteiger partial charge is 0.378 e. The number of anilines is 1. The minimum absolute atomic E-state index is 0.489. The summed E-state index contributed by atoms with van der Waals surface area (Å²) >= 11 is 0. The van der Waals surface area contributed by atoms with Crippen LogP contribution in [0.4, 0.5) is 5.69 Å². The quantitative estimate of drug-likeness (QED) is 0.698. The molecule has 0 radical (unpaired) electrons. The van der Waals surface area contributed by atoms with Gasteiger partial charge in [-0.05, 0) is 78.4 Å². The van der Waals surface area contributed by atoms with Crippen molar-refractivity contribution in [3.63, 3.8) is 0 Å². The number of aliphatic imine (C=N–C) groups is 1. The van der Waals surface area contributed by atoms with Crippen molar-refractivity contribution in [1.29, 1.82) is 0 Å². The summed E-state index contributed by atoms with van der Waals surface area (Å²) < 4.78 is 0. The normalized spacial score (nSPS) is 40.4. The van der Waals surface area contributed by atoms with Crippen LogP contribution in [0.15, 0.2) is 29.3 Å². The molecule has 4 saturated carbocycles. The summed E-state index contributed by atoms with van der Waals surface area (Å²) in [5.74, 6) is 0.964. The van der Waals surface area contributed by atoms with Crippen LogP contribution >= 0.6 is 0 Å². The van der Waals surface area contributed by atoms with E-state index in [0.29, 0.717) is 16.2 Å². The summed E-state index contributed by atoms with van der Waals surface area (Å²) in [4.78, 5) is 7.07. The topological polar surface area (TPSA) is 15.6 Å². The molecule has 2 heteroatoms. The Morgan fingerprint density at radius 1 is 1.00 bits per heavy atom. The van der Waals surface area contributed by atoms with Crippen LogP contribution in [0.2, 0.25) is 0 Å². The number of benzene rings is 1. The van der Waals surface area contributed by atoms with E-state index in [1.807, 2.05) is 0 Å². The van der Waals surface area contributed by atoms with Crippen LogP contribution in [0, 0.1) is 22.2 Å². The fraction of sp³-hybridized carbons (Fsp3) is 0.682. The molecule has 130 valence electrons. The molecule has 0 amide bonds. The molecule has 0 heterocycles. The lowest BCUT2D eigenvalue weighted by Crippen LogP contribution is -2.55. The molecule has 0 aromatic heterocycles. The van der Waals surface area contributed by atoms with Crippen LogP contribution in [0.3, 0.4) is 0 Å². The van der Waals surface area contributed by atoms with E-state index in [-0.39, 0.29) is 0 Å². The summed E-state index contributed by atoms with van der Waals surface area (Å²) in [6.07, 6.45) is 10.7. The van der Waals surface area contributed by atoms with E-state index < -0.39 is 0 Å². The van der Waals surface area contributed by atoms with Crippen molar-refractivity contribution in [2.45, 2.75) is 52.4 Å². The smallest absolute Gasteiger partial charge is 0.0446 e. The molecule has 4 fully saturated rings. The van der Waals surface area contributed by atoms with Gasteiger partial charge in [0.2, 0.25) is 0 Å². The van der Waals surface area contributed by atoms with Crippen LogP contribution in [0.25, 0.3) is 0 Å². The molecule has 4 aliphatic carbocycles. The molecule has 4 aliphatic rings. The lowest BCUT2D eigenvalue weighted by Gasteiger charge is -2.65. The Hall–Kier alpha value is -1.31. The Kier molecular flexibility index (Phi) is 3.60. The third-order valence-electron chi connectivity index (χ3n) is 6.82. The molecule has 0 saturated heterocycles. The van der Waals surface area contributed by atoms with Gasteiger partial charge in [-0.2, -0.15) is 0 Å². The molecular weight excluding hydrogens is 292 g/mol. The highest BCUT2D eigenvalue weighted by Gasteiger charge is 2.59. The van der Waals surface area contributed by atoms with Gasteiger partial charge in [0.05, 0.1) is 0 Å². The van der Waals surface area contributed by atoms with Gasteiger partial charge in [0.25, 0.3) is 0 Å². The minimum Gasteiger partial charge on any atom is -0.378 e. The molecule has 2 unspecified atom stereocenters. The molecule has 2 nitrogen and oxygen atoms in total. The predicted molar refractivity (Wildman–Crippen MR) is 103 cm³/mol. The van der Waals surface area contributed by atoms with Gasteiger partial charge in [0.1, 0.15) is 0 Å². The van der Waals surface area contributed by atoms with Gasteiger partial charge in [-0.1, -0.05) is 26.0 Å². The average molecular weight is 325 g/mol. The highest BCUT2D eigenvalue weighted by Crippen LogP contribution is 2.69. The van der Waals surface area contributed by atoms with Crippen molar-refractivity contribution in [3.05, 3.63) is 29.8 Å². The van der Waals surface area contributed by atoms with Gasteiger partial charge in [0, 0.05) is 32.5 Å². The summed E-state index contributed by atoms with van der Waals surface area (Å²) in [5, 5.41) is 0. The molecular formula is C22H32N2. The lowest BCUT2D eigenvalue weighted by atomic mass is 9.40. The van der Waals surface area contributed by atoms with Crippen molar-refractivity contribution in [2.24, 2.45) is 27.2 Å². The second-order valence-electron chi connectivity index (χ2n) is 10.1. The maximum Gasteiger partial charge on any atom is 0.0446 e. The first-order chi connectivity index (χ1) is 11.3. The van der Waals surface area contributed by atoms with Gasteiger partial charge < -0.3 is 4.90 Å². The van der Waals surface area contributed by atoms with Gasteiger partial charge in [0.15, 0.2) is 0 Å². The van der Waals surface area contributed by atoms with Crippen LogP contribution in [-0.4, -0.2) is 26.9 Å². The number of hydrogen-bond donors (Lipinski definition) is 0. The molecule has 2 atom stereocenters. The first kappa shape index (κ1) is 16.2. The van der Waals surface area contributed by atoms with Crippen molar-refractivity contribution in [3.8, 4) is 0 Å². The number of nitrogens with zero attached hydrogens (tertiary/aromatic N) is 2. The van der Waals surface area contributed by atoms with Crippen LogP contribution in [0.5, 0.6) is 0 Å².